The van der Waals surface area contributed by atoms with E-state index < -0.39 is 5.60 Å². The van der Waals surface area contributed by atoms with Gasteiger partial charge in [0, 0.05) is 12.3 Å². The first-order valence-electron chi connectivity index (χ1n) is 8.32. The molecular formula is C18H25NO3. The second-order valence-electron chi connectivity index (χ2n) is 6.82. The second kappa shape index (κ2) is 6.80. The van der Waals surface area contributed by atoms with Gasteiger partial charge in [-0.1, -0.05) is 25.0 Å². The van der Waals surface area contributed by atoms with Gasteiger partial charge in [-0.3, -0.25) is 4.79 Å². The van der Waals surface area contributed by atoms with Crippen LogP contribution in [0.15, 0.2) is 24.3 Å². The molecule has 2 N–H and O–H groups in total. The van der Waals surface area contributed by atoms with Crippen molar-refractivity contribution >= 4 is 11.6 Å². The highest BCUT2D eigenvalue weighted by molar-refractivity contribution is 5.91. The SMILES string of the molecule is O=C(CC1(O)CCCC1)Nc1cccc(COCC2CC2)c1. The van der Waals surface area contributed by atoms with Crippen molar-refractivity contribution in [2.75, 3.05) is 11.9 Å². The first-order chi connectivity index (χ1) is 10.6. The molecule has 2 saturated carbocycles. The molecule has 4 heteroatoms. The molecule has 0 aromatic heterocycles. The number of aliphatic hydroxyl groups is 1. The molecule has 0 aliphatic heterocycles. The van der Waals surface area contributed by atoms with Crippen LogP contribution >= 0.6 is 0 Å². The van der Waals surface area contributed by atoms with Gasteiger partial charge in [0.2, 0.25) is 5.91 Å². The molecular weight excluding hydrogens is 278 g/mol. The van der Waals surface area contributed by atoms with Gasteiger partial charge in [-0.25, -0.2) is 0 Å². The van der Waals surface area contributed by atoms with Crippen molar-refractivity contribution in [3.8, 4) is 0 Å². The van der Waals surface area contributed by atoms with Gasteiger partial charge in [0.05, 0.1) is 18.6 Å². The number of nitrogens with one attached hydrogen (secondary N) is 1. The summed E-state index contributed by atoms with van der Waals surface area (Å²) in [7, 11) is 0. The van der Waals surface area contributed by atoms with E-state index in [2.05, 4.69) is 5.32 Å². The largest absolute Gasteiger partial charge is 0.389 e. The molecule has 1 amide bonds. The first kappa shape index (κ1) is 15.5. The van der Waals surface area contributed by atoms with Gasteiger partial charge in [0.25, 0.3) is 0 Å². The van der Waals surface area contributed by atoms with Gasteiger partial charge in [-0.2, -0.15) is 0 Å². The highest BCUT2D eigenvalue weighted by Crippen LogP contribution is 2.32. The summed E-state index contributed by atoms with van der Waals surface area (Å²) in [6.07, 6.45) is 6.26. The smallest absolute Gasteiger partial charge is 0.227 e. The Morgan fingerprint density at radius 2 is 2.09 bits per heavy atom. The molecule has 2 aliphatic carbocycles. The third kappa shape index (κ3) is 4.55. The summed E-state index contributed by atoms with van der Waals surface area (Å²) in [6, 6.07) is 7.76. The Labute approximate surface area is 131 Å². The van der Waals surface area contributed by atoms with E-state index >= 15 is 0 Å². The maximum absolute atomic E-state index is 12.1. The average molecular weight is 303 g/mol. The molecule has 22 heavy (non-hydrogen) atoms. The fourth-order valence-corrected chi connectivity index (χ4v) is 3.08. The number of carbonyl (C=O) groups is 1. The lowest BCUT2D eigenvalue weighted by Gasteiger charge is -2.21. The Kier molecular flexibility index (Phi) is 4.79. The molecule has 0 bridgehead atoms. The summed E-state index contributed by atoms with van der Waals surface area (Å²) in [4.78, 5) is 12.1. The van der Waals surface area contributed by atoms with Crippen LogP contribution in [0.2, 0.25) is 0 Å². The Hall–Kier alpha value is -1.39. The van der Waals surface area contributed by atoms with Crippen LogP contribution < -0.4 is 5.32 Å². The van der Waals surface area contributed by atoms with Crippen LogP contribution in [0.1, 0.15) is 50.5 Å². The van der Waals surface area contributed by atoms with E-state index in [-0.39, 0.29) is 12.3 Å². The molecule has 0 heterocycles. The molecule has 2 fully saturated rings. The molecule has 0 radical (unpaired) electrons. The van der Waals surface area contributed by atoms with E-state index in [9.17, 15) is 9.90 Å². The van der Waals surface area contributed by atoms with Crippen LogP contribution in [0.5, 0.6) is 0 Å². The monoisotopic (exact) mass is 303 g/mol. The highest BCUT2D eigenvalue weighted by atomic mass is 16.5. The molecule has 120 valence electrons. The quantitative estimate of drug-likeness (QED) is 0.813. The minimum Gasteiger partial charge on any atom is -0.389 e. The summed E-state index contributed by atoms with van der Waals surface area (Å²) in [5.41, 5.74) is 1.05. The van der Waals surface area contributed by atoms with E-state index in [1.807, 2.05) is 24.3 Å². The minimum absolute atomic E-state index is 0.111. The van der Waals surface area contributed by atoms with Crippen LogP contribution in [0, 0.1) is 5.92 Å². The van der Waals surface area contributed by atoms with Crippen molar-refractivity contribution in [3.63, 3.8) is 0 Å². The Balaban J connectivity index is 1.49. The van der Waals surface area contributed by atoms with Crippen molar-refractivity contribution in [1.82, 2.24) is 0 Å². The summed E-state index contributed by atoms with van der Waals surface area (Å²) < 4.78 is 5.67. The average Bonchev–Trinajstić information content (AvgIpc) is 3.20. The number of rotatable bonds is 7. The van der Waals surface area contributed by atoms with Crippen LogP contribution in [0.4, 0.5) is 5.69 Å². The molecule has 1 aromatic rings. The third-order valence-corrected chi connectivity index (χ3v) is 4.55. The van der Waals surface area contributed by atoms with Crippen LogP contribution in [0.25, 0.3) is 0 Å². The predicted octanol–water partition coefficient (Wildman–Crippen LogP) is 3.25. The summed E-state index contributed by atoms with van der Waals surface area (Å²) in [5.74, 6) is 0.649. The van der Waals surface area contributed by atoms with Crippen molar-refractivity contribution in [2.45, 2.75) is 57.2 Å². The van der Waals surface area contributed by atoms with E-state index in [0.29, 0.717) is 6.61 Å². The highest BCUT2D eigenvalue weighted by Gasteiger charge is 2.33. The zero-order valence-electron chi connectivity index (χ0n) is 13.0. The van der Waals surface area contributed by atoms with Gasteiger partial charge in [-0.05, 0) is 49.3 Å². The predicted molar refractivity (Wildman–Crippen MR) is 85.5 cm³/mol. The zero-order chi connectivity index (χ0) is 15.4. The molecule has 0 unspecified atom stereocenters. The number of benzene rings is 1. The minimum atomic E-state index is -0.797. The number of hydrogen-bond donors (Lipinski definition) is 2. The summed E-state index contributed by atoms with van der Waals surface area (Å²) in [6.45, 7) is 1.42. The number of anilines is 1. The lowest BCUT2D eigenvalue weighted by molar-refractivity contribution is -0.120. The van der Waals surface area contributed by atoms with E-state index in [1.54, 1.807) is 0 Å². The van der Waals surface area contributed by atoms with Crippen LogP contribution in [-0.4, -0.2) is 23.2 Å². The Morgan fingerprint density at radius 1 is 1.32 bits per heavy atom. The molecule has 0 spiro atoms. The van der Waals surface area contributed by atoms with Crippen molar-refractivity contribution in [2.24, 2.45) is 5.92 Å². The molecule has 0 saturated heterocycles. The van der Waals surface area contributed by atoms with E-state index in [1.165, 1.54) is 12.8 Å². The number of ether oxygens (including phenoxy) is 1. The fourth-order valence-electron chi connectivity index (χ4n) is 3.08. The lowest BCUT2D eigenvalue weighted by Crippen LogP contribution is -2.30. The molecule has 0 atom stereocenters. The number of amides is 1. The molecule has 2 aliphatic rings. The van der Waals surface area contributed by atoms with Crippen molar-refractivity contribution < 1.29 is 14.6 Å². The van der Waals surface area contributed by atoms with E-state index in [4.69, 9.17) is 4.74 Å². The molecule has 3 rings (SSSR count). The number of carbonyl (C=O) groups excluding carboxylic acids is 1. The van der Waals surface area contributed by atoms with Gasteiger partial charge in [-0.15, -0.1) is 0 Å². The Bertz CT molecular complexity index is 519. The fraction of sp³-hybridized carbons (Fsp3) is 0.611. The van der Waals surface area contributed by atoms with Crippen LogP contribution in [-0.2, 0) is 16.1 Å². The normalized spacial score (nSPS) is 20.0. The second-order valence-corrected chi connectivity index (χ2v) is 6.82. The summed E-state index contributed by atoms with van der Waals surface area (Å²) in [5, 5.41) is 13.2. The maximum atomic E-state index is 12.1. The first-order valence-corrected chi connectivity index (χ1v) is 8.32. The Morgan fingerprint density at radius 3 is 2.82 bits per heavy atom. The third-order valence-electron chi connectivity index (χ3n) is 4.55. The van der Waals surface area contributed by atoms with Gasteiger partial charge in [0.15, 0.2) is 0 Å². The van der Waals surface area contributed by atoms with E-state index in [0.717, 1.165) is 49.5 Å². The van der Waals surface area contributed by atoms with Crippen LogP contribution in [0.3, 0.4) is 0 Å². The lowest BCUT2D eigenvalue weighted by atomic mass is 9.97. The molecule has 4 nitrogen and oxygen atoms in total. The van der Waals surface area contributed by atoms with Gasteiger partial charge in [0.1, 0.15) is 0 Å². The summed E-state index contributed by atoms with van der Waals surface area (Å²) >= 11 is 0. The topological polar surface area (TPSA) is 58.6 Å². The standard InChI is InChI=1S/C18H25NO3/c20-17(11-18(21)8-1-2-9-18)19-16-5-3-4-15(10-16)13-22-12-14-6-7-14/h3-5,10,14,21H,1-2,6-9,11-13H2,(H,19,20). The van der Waals surface area contributed by atoms with Crippen molar-refractivity contribution in [1.29, 1.82) is 0 Å². The van der Waals surface area contributed by atoms with Crippen molar-refractivity contribution in [3.05, 3.63) is 29.8 Å². The molecule has 1 aromatic carbocycles. The number of hydrogen-bond acceptors (Lipinski definition) is 3. The van der Waals surface area contributed by atoms with Gasteiger partial charge < -0.3 is 15.2 Å². The van der Waals surface area contributed by atoms with Gasteiger partial charge >= 0.3 is 0 Å². The zero-order valence-corrected chi connectivity index (χ0v) is 13.0. The maximum Gasteiger partial charge on any atom is 0.227 e.